The number of benzene rings is 1. The van der Waals surface area contributed by atoms with Crippen molar-refractivity contribution in [1.82, 2.24) is 4.57 Å². The number of aliphatic hydroxyl groups is 1. The quantitative estimate of drug-likeness (QED) is 0.588. The lowest BCUT2D eigenvalue weighted by Gasteiger charge is -2.16. The van der Waals surface area contributed by atoms with E-state index in [1.807, 2.05) is 40.7 Å². The van der Waals surface area contributed by atoms with E-state index in [-0.39, 0.29) is 12.7 Å². The van der Waals surface area contributed by atoms with Gasteiger partial charge in [0, 0.05) is 16.8 Å². The number of aromatic nitrogens is 2. The van der Waals surface area contributed by atoms with Crippen LogP contribution < -0.4 is 4.57 Å². The van der Waals surface area contributed by atoms with Gasteiger partial charge in [0.1, 0.15) is 24.7 Å². The highest BCUT2D eigenvalue weighted by molar-refractivity contribution is 7.84. The topological polar surface area (TPSA) is 95.5 Å². The summed E-state index contributed by atoms with van der Waals surface area (Å²) in [4.78, 5) is 0. The molecule has 0 aliphatic carbocycles. The molecule has 0 saturated heterocycles. The number of hydrogen-bond donors (Lipinski definition) is 1. The number of rotatable bonds is 2. The van der Waals surface area contributed by atoms with Crippen molar-refractivity contribution in [3.8, 4) is 0 Å². The van der Waals surface area contributed by atoms with Gasteiger partial charge in [0.15, 0.2) is 6.10 Å². The number of aryl methyl sites for hydroxylation is 1. The summed E-state index contributed by atoms with van der Waals surface area (Å²) in [6, 6.07) is 5.27. The molecule has 1 aliphatic heterocycles. The fourth-order valence-corrected chi connectivity index (χ4v) is 2.89. The van der Waals surface area contributed by atoms with Gasteiger partial charge in [0.05, 0.1) is 34.9 Å². The molecule has 0 amide bonds. The minimum absolute atomic E-state index is 0.0656. The molecule has 0 radical (unpaired) electrons. The first-order chi connectivity index (χ1) is 12.1. The number of halogens is 2. The van der Waals surface area contributed by atoms with Crippen LogP contribution in [-0.2, 0) is 28.4 Å². The van der Waals surface area contributed by atoms with Gasteiger partial charge >= 0.3 is 0 Å². The molecular formula is C16H18Cl2N2O5S. The van der Waals surface area contributed by atoms with Gasteiger partial charge in [-0.2, -0.15) is 0 Å². The van der Waals surface area contributed by atoms with E-state index in [2.05, 4.69) is 0 Å². The standard InChI is InChI=1S/C15H15Cl2N2O2.CH4O3S/c1-18-4-5-19-8-11(9-20)21-14(7-15(18)19)12-3-2-10(16)6-13(12)17;1-5(2,3)4/h2-7,11,20H,8-9H2,1H3;1H3,(H,2,3,4)/q+1;/p-1. The van der Waals surface area contributed by atoms with Gasteiger partial charge in [0.2, 0.25) is 0 Å². The Hall–Kier alpha value is -1.58. The summed E-state index contributed by atoms with van der Waals surface area (Å²) in [5.41, 5.74) is 0.758. The van der Waals surface area contributed by atoms with E-state index in [0.717, 1.165) is 11.4 Å². The molecule has 1 atom stereocenters. The lowest BCUT2D eigenvalue weighted by atomic mass is 10.1. The van der Waals surface area contributed by atoms with E-state index in [1.54, 1.807) is 12.1 Å². The van der Waals surface area contributed by atoms with Gasteiger partial charge in [-0.05, 0) is 18.2 Å². The normalized spacial score (nSPS) is 16.5. The van der Waals surface area contributed by atoms with Crippen molar-refractivity contribution in [3.05, 3.63) is 52.0 Å². The molecule has 142 valence electrons. The minimum atomic E-state index is -3.92. The van der Waals surface area contributed by atoms with Crippen LogP contribution in [0.15, 0.2) is 30.6 Å². The molecule has 0 spiro atoms. The fraction of sp³-hybridized carbons (Fsp3) is 0.312. The SMILES string of the molecule is CS(=O)(=O)[O-].C[n+]1ccn2c1C=C(c1ccc(Cl)cc1Cl)OC(CO)C2. The van der Waals surface area contributed by atoms with Crippen LogP contribution >= 0.6 is 23.2 Å². The van der Waals surface area contributed by atoms with Crippen molar-refractivity contribution in [1.29, 1.82) is 0 Å². The van der Waals surface area contributed by atoms with Gasteiger partial charge in [-0.15, -0.1) is 0 Å². The lowest BCUT2D eigenvalue weighted by Crippen LogP contribution is -2.30. The molecule has 1 aromatic heterocycles. The first-order valence-electron chi connectivity index (χ1n) is 7.48. The van der Waals surface area contributed by atoms with E-state index in [1.165, 1.54) is 0 Å². The molecule has 3 rings (SSSR count). The predicted molar refractivity (Wildman–Crippen MR) is 97.5 cm³/mol. The van der Waals surface area contributed by atoms with Crippen molar-refractivity contribution < 1.29 is 27.4 Å². The molecule has 7 nitrogen and oxygen atoms in total. The number of hydrogen-bond acceptors (Lipinski definition) is 5. The van der Waals surface area contributed by atoms with Crippen LogP contribution in [-0.4, -0.2) is 41.6 Å². The zero-order chi connectivity index (χ0) is 19.5. The molecule has 1 aromatic carbocycles. The Morgan fingerprint density at radius 1 is 1.42 bits per heavy atom. The van der Waals surface area contributed by atoms with Crippen LogP contribution in [0.25, 0.3) is 11.8 Å². The van der Waals surface area contributed by atoms with E-state index in [0.29, 0.717) is 28.6 Å². The maximum absolute atomic E-state index is 9.50. The summed E-state index contributed by atoms with van der Waals surface area (Å²) in [6.45, 7) is 0.516. The highest BCUT2D eigenvalue weighted by atomic mass is 35.5. The summed E-state index contributed by atoms with van der Waals surface area (Å²) in [6.07, 6.45) is 6.13. The van der Waals surface area contributed by atoms with E-state index >= 15 is 0 Å². The third-order valence-corrected chi connectivity index (χ3v) is 4.03. The second-order valence-corrected chi connectivity index (χ2v) is 7.93. The van der Waals surface area contributed by atoms with Crippen LogP contribution in [0.4, 0.5) is 0 Å². The Labute approximate surface area is 161 Å². The van der Waals surface area contributed by atoms with Gasteiger partial charge < -0.3 is 14.4 Å². The Bertz CT molecular complexity index is 917. The van der Waals surface area contributed by atoms with E-state index < -0.39 is 10.1 Å². The smallest absolute Gasteiger partial charge is 0.285 e. The van der Waals surface area contributed by atoms with Crippen molar-refractivity contribution in [2.45, 2.75) is 12.6 Å². The molecular weight excluding hydrogens is 403 g/mol. The maximum Gasteiger partial charge on any atom is 0.285 e. The molecule has 0 bridgehead atoms. The number of fused-ring (bicyclic) bond motifs is 1. The molecule has 0 saturated carbocycles. The Morgan fingerprint density at radius 2 is 2.08 bits per heavy atom. The van der Waals surface area contributed by atoms with Gasteiger partial charge in [0.25, 0.3) is 5.82 Å². The molecule has 10 heteroatoms. The summed E-state index contributed by atoms with van der Waals surface area (Å²) >= 11 is 12.2. The molecule has 1 unspecified atom stereocenters. The second kappa shape index (κ2) is 8.41. The molecule has 1 aliphatic rings. The van der Waals surface area contributed by atoms with Crippen LogP contribution in [0, 0.1) is 0 Å². The van der Waals surface area contributed by atoms with E-state index in [4.69, 9.17) is 40.9 Å². The zero-order valence-corrected chi connectivity index (χ0v) is 16.4. The second-order valence-electron chi connectivity index (χ2n) is 5.68. The summed E-state index contributed by atoms with van der Waals surface area (Å²) in [7, 11) is -1.96. The van der Waals surface area contributed by atoms with Crippen molar-refractivity contribution in [3.63, 3.8) is 0 Å². The third kappa shape index (κ3) is 5.72. The Morgan fingerprint density at radius 3 is 2.65 bits per heavy atom. The first kappa shape index (κ1) is 20.7. The van der Waals surface area contributed by atoms with E-state index in [9.17, 15) is 5.11 Å². The van der Waals surface area contributed by atoms with Crippen molar-refractivity contribution in [2.75, 3.05) is 12.9 Å². The number of nitrogens with zero attached hydrogens (tertiary/aromatic N) is 2. The predicted octanol–water partition coefficient (Wildman–Crippen LogP) is 1.67. The fourth-order valence-electron chi connectivity index (χ4n) is 2.39. The molecule has 0 fully saturated rings. The highest BCUT2D eigenvalue weighted by Gasteiger charge is 2.26. The van der Waals surface area contributed by atoms with Crippen LogP contribution in [0.1, 0.15) is 11.4 Å². The number of imidazole rings is 1. The van der Waals surface area contributed by atoms with Crippen LogP contribution in [0.3, 0.4) is 0 Å². The van der Waals surface area contributed by atoms with Crippen molar-refractivity contribution >= 4 is 45.2 Å². The zero-order valence-electron chi connectivity index (χ0n) is 14.1. The van der Waals surface area contributed by atoms with Gasteiger partial charge in [-0.25, -0.2) is 17.6 Å². The van der Waals surface area contributed by atoms with Gasteiger partial charge in [-0.3, -0.25) is 0 Å². The molecule has 2 aromatic rings. The maximum atomic E-state index is 9.50. The average molecular weight is 421 g/mol. The third-order valence-electron chi connectivity index (χ3n) is 3.48. The number of aliphatic hydroxyl groups excluding tert-OH is 1. The lowest BCUT2D eigenvalue weighted by molar-refractivity contribution is -0.672. The molecule has 26 heavy (non-hydrogen) atoms. The first-order valence-corrected chi connectivity index (χ1v) is 10.1. The van der Waals surface area contributed by atoms with Crippen LogP contribution in [0.2, 0.25) is 10.0 Å². The van der Waals surface area contributed by atoms with Gasteiger partial charge in [-0.1, -0.05) is 23.2 Å². The minimum Gasteiger partial charge on any atom is -0.748 e. The molecule has 1 N–H and O–H groups in total. The highest BCUT2D eigenvalue weighted by Crippen LogP contribution is 2.31. The average Bonchev–Trinajstić information content (AvgIpc) is 2.75. The monoisotopic (exact) mass is 420 g/mol. The summed E-state index contributed by atoms with van der Waals surface area (Å²) in [5.74, 6) is 1.61. The largest absolute Gasteiger partial charge is 0.748 e. The summed E-state index contributed by atoms with van der Waals surface area (Å²) in [5, 5.41) is 10.6. The van der Waals surface area contributed by atoms with Crippen molar-refractivity contribution in [2.24, 2.45) is 7.05 Å². The summed E-state index contributed by atoms with van der Waals surface area (Å²) < 4.78 is 37.2. The van der Waals surface area contributed by atoms with Crippen LogP contribution in [0.5, 0.6) is 0 Å². The number of ether oxygens (including phenoxy) is 1. The Balaban J connectivity index is 0.000000431. The Kier molecular flexibility index (Phi) is 6.70. The molecule has 2 heterocycles.